The van der Waals surface area contributed by atoms with Crippen LogP contribution >= 0.6 is 0 Å². The second-order valence-corrected chi connectivity index (χ2v) is 10.3. The van der Waals surface area contributed by atoms with Crippen LogP contribution in [0.1, 0.15) is 67.7 Å². The SMILES string of the molecule is CC(C)CC(NC(=O)OC(C)(C)C)C(=O)Nc1cn(C(C)(C)CN2CCCC2)cn1. The van der Waals surface area contributed by atoms with E-state index in [0.29, 0.717) is 12.2 Å². The van der Waals surface area contributed by atoms with E-state index in [4.69, 9.17) is 4.74 Å². The number of ether oxygens (including phenoxy) is 1. The van der Waals surface area contributed by atoms with Crippen molar-refractivity contribution in [2.24, 2.45) is 5.92 Å². The van der Waals surface area contributed by atoms with Gasteiger partial charge in [0, 0.05) is 12.7 Å². The van der Waals surface area contributed by atoms with E-state index in [1.165, 1.54) is 12.8 Å². The van der Waals surface area contributed by atoms with Crippen LogP contribution in [0.5, 0.6) is 0 Å². The first kappa shape index (κ1) is 24.2. The highest BCUT2D eigenvalue weighted by atomic mass is 16.6. The summed E-state index contributed by atoms with van der Waals surface area (Å²) >= 11 is 0. The smallest absolute Gasteiger partial charge is 0.408 e. The van der Waals surface area contributed by atoms with E-state index in [1.54, 1.807) is 27.1 Å². The van der Waals surface area contributed by atoms with Crippen molar-refractivity contribution in [1.29, 1.82) is 0 Å². The number of nitrogens with one attached hydrogen (secondary N) is 2. The van der Waals surface area contributed by atoms with Crippen molar-refractivity contribution in [1.82, 2.24) is 19.8 Å². The number of carbonyl (C=O) groups excluding carboxylic acids is 2. The molecular weight excluding hydrogens is 382 g/mol. The molecule has 0 bridgehead atoms. The Kier molecular flexibility index (Phi) is 7.91. The molecule has 1 saturated heterocycles. The van der Waals surface area contributed by atoms with Gasteiger partial charge in [-0.15, -0.1) is 0 Å². The second kappa shape index (κ2) is 9.81. The Hall–Kier alpha value is -2.09. The lowest BCUT2D eigenvalue weighted by atomic mass is 10.0. The van der Waals surface area contributed by atoms with E-state index in [-0.39, 0.29) is 17.4 Å². The van der Waals surface area contributed by atoms with E-state index in [1.807, 2.05) is 24.6 Å². The predicted octanol–water partition coefficient (Wildman–Crippen LogP) is 3.59. The van der Waals surface area contributed by atoms with Gasteiger partial charge in [-0.05, 0) is 72.9 Å². The maximum Gasteiger partial charge on any atom is 0.408 e. The van der Waals surface area contributed by atoms with Gasteiger partial charge < -0.3 is 24.8 Å². The zero-order valence-electron chi connectivity index (χ0n) is 19.6. The van der Waals surface area contributed by atoms with Crippen LogP contribution in [0.25, 0.3) is 0 Å². The Bertz CT molecular complexity index is 715. The summed E-state index contributed by atoms with van der Waals surface area (Å²) in [6.45, 7) is 16.9. The molecule has 8 heteroatoms. The molecule has 1 unspecified atom stereocenters. The van der Waals surface area contributed by atoms with Gasteiger partial charge >= 0.3 is 6.09 Å². The van der Waals surface area contributed by atoms with Crippen LogP contribution in [0.4, 0.5) is 10.6 Å². The fraction of sp³-hybridized carbons (Fsp3) is 0.773. The lowest BCUT2D eigenvalue weighted by Gasteiger charge is -2.31. The Morgan fingerprint density at radius 1 is 1.17 bits per heavy atom. The van der Waals surface area contributed by atoms with E-state index in [0.717, 1.165) is 19.6 Å². The van der Waals surface area contributed by atoms with Gasteiger partial charge in [0.25, 0.3) is 0 Å². The number of rotatable bonds is 8. The van der Waals surface area contributed by atoms with Crippen LogP contribution in [-0.4, -0.2) is 57.7 Å². The van der Waals surface area contributed by atoms with Crippen molar-refractivity contribution in [3.63, 3.8) is 0 Å². The zero-order chi connectivity index (χ0) is 22.5. The van der Waals surface area contributed by atoms with Gasteiger partial charge in [0.1, 0.15) is 11.6 Å². The Morgan fingerprint density at radius 3 is 2.37 bits per heavy atom. The van der Waals surface area contributed by atoms with Gasteiger partial charge in [0.2, 0.25) is 5.91 Å². The van der Waals surface area contributed by atoms with Crippen molar-refractivity contribution in [3.8, 4) is 0 Å². The van der Waals surface area contributed by atoms with Crippen LogP contribution in [0.3, 0.4) is 0 Å². The molecule has 170 valence electrons. The zero-order valence-corrected chi connectivity index (χ0v) is 19.6. The van der Waals surface area contributed by atoms with Crippen molar-refractivity contribution in [2.45, 2.75) is 84.9 Å². The molecule has 1 aromatic heterocycles. The highest BCUT2D eigenvalue weighted by Gasteiger charge is 2.28. The summed E-state index contributed by atoms with van der Waals surface area (Å²) in [6, 6.07) is -0.692. The van der Waals surface area contributed by atoms with Crippen LogP contribution in [-0.2, 0) is 15.1 Å². The Labute approximate surface area is 180 Å². The molecule has 1 fully saturated rings. The number of hydrogen-bond donors (Lipinski definition) is 2. The molecule has 0 aliphatic carbocycles. The number of anilines is 1. The molecule has 0 radical (unpaired) electrons. The van der Waals surface area contributed by atoms with E-state index < -0.39 is 17.7 Å². The number of nitrogens with zero attached hydrogens (tertiary/aromatic N) is 3. The standard InChI is InChI=1S/C22H39N5O3/c1-16(2)12-17(24-20(29)30-21(3,4)5)19(28)25-18-13-27(15-23-18)22(6,7)14-26-10-8-9-11-26/h13,15-17H,8-12,14H2,1-7H3,(H,24,29)(H,25,28). The average molecular weight is 422 g/mol. The molecule has 1 aliphatic rings. The van der Waals surface area contributed by atoms with Gasteiger partial charge in [-0.2, -0.15) is 0 Å². The summed E-state index contributed by atoms with van der Waals surface area (Å²) in [4.78, 5) is 31.8. The maximum absolute atomic E-state index is 12.8. The molecule has 2 rings (SSSR count). The van der Waals surface area contributed by atoms with Crippen LogP contribution in [0.15, 0.2) is 12.5 Å². The lowest BCUT2D eigenvalue weighted by Crippen LogP contribution is -2.46. The third-order valence-electron chi connectivity index (χ3n) is 5.06. The minimum Gasteiger partial charge on any atom is -0.444 e. The van der Waals surface area contributed by atoms with Crippen molar-refractivity contribution in [3.05, 3.63) is 12.5 Å². The van der Waals surface area contributed by atoms with Crippen molar-refractivity contribution >= 4 is 17.8 Å². The first-order valence-corrected chi connectivity index (χ1v) is 10.9. The minimum absolute atomic E-state index is 0.133. The highest BCUT2D eigenvalue weighted by molar-refractivity contribution is 5.95. The maximum atomic E-state index is 12.8. The summed E-state index contributed by atoms with van der Waals surface area (Å²) in [5, 5.41) is 5.54. The van der Waals surface area contributed by atoms with E-state index in [9.17, 15) is 9.59 Å². The summed E-state index contributed by atoms with van der Waals surface area (Å²) < 4.78 is 7.35. The van der Waals surface area contributed by atoms with Crippen LogP contribution in [0.2, 0.25) is 0 Å². The summed E-state index contributed by atoms with van der Waals surface area (Å²) in [6.07, 6.45) is 6.03. The van der Waals surface area contributed by atoms with Gasteiger partial charge in [0.05, 0.1) is 11.9 Å². The number of amides is 2. The van der Waals surface area contributed by atoms with E-state index in [2.05, 4.69) is 34.4 Å². The van der Waals surface area contributed by atoms with Gasteiger partial charge in [-0.3, -0.25) is 4.79 Å². The fourth-order valence-electron chi connectivity index (χ4n) is 3.65. The molecule has 0 spiro atoms. The van der Waals surface area contributed by atoms with Crippen molar-refractivity contribution < 1.29 is 14.3 Å². The minimum atomic E-state index is -0.692. The van der Waals surface area contributed by atoms with Crippen LogP contribution in [0, 0.1) is 5.92 Å². The molecule has 1 atom stereocenters. The second-order valence-electron chi connectivity index (χ2n) is 10.3. The first-order valence-electron chi connectivity index (χ1n) is 10.9. The molecule has 2 heterocycles. The quantitative estimate of drug-likeness (QED) is 0.670. The molecule has 2 N–H and O–H groups in total. The topological polar surface area (TPSA) is 88.5 Å². The molecular formula is C22H39N5O3. The monoisotopic (exact) mass is 421 g/mol. The number of imidazole rings is 1. The number of hydrogen-bond acceptors (Lipinski definition) is 5. The number of alkyl carbamates (subject to hydrolysis) is 1. The third-order valence-corrected chi connectivity index (χ3v) is 5.06. The molecule has 8 nitrogen and oxygen atoms in total. The average Bonchev–Trinajstić information content (AvgIpc) is 3.23. The highest BCUT2D eigenvalue weighted by Crippen LogP contribution is 2.21. The van der Waals surface area contributed by atoms with Crippen molar-refractivity contribution in [2.75, 3.05) is 25.0 Å². The van der Waals surface area contributed by atoms with E-state index >= 15 is 0 Å². The molecule has 2 amide bonds. The van der Waals surface area contributed by atoms with Crippen LogP contribution < -0.4 is 10.6 Å². The van der Waals surface area contributed by atoms with Gasteiger partial charge in [-0.25, -0.2) is 9.78 Å². The van der Waals surface area contributed by atoms with Gasteiger partial charge in [-0.1, -0.05) is 13.8 Å². The summed E-state index contributed by atoms with van der Waals surface area (Å²) in [5.41, 5.74) is -0.755. The molecule has 1 aliphatic heterocycles. The molecule has 0 aromatic carbocycles. The predicted molar refractivity (Wildman–Crippen MR) is 118 cm³/mol. The lowest BCUT2D eigenvalue weighted by molar-refractivity contribution is -0.118. The fourth-order valence-corrected chi connectivity index (χ4v) is 3.65. The Morgan fingerprint density at radius 2 is 1.80 bits per heavy atom. The number of aromatic nitrogens is 2. The number of likely N-dealkylation sites (tertiary alicyclic amines) is 1. The normalized spacial score (nSPS) is 16.5. The third kappa shape index (κ3) is 7.63. The van der Waals surface area contributed by atoms with Gasteiger partial charge in [0.15, 0.2) is 5.82 Å². The molecule has 30 heavy (non-hydrogen) atoms. The summed E-state index contributed by atoms with van der Waals surface area (Å²) in [7, 11) is 0. The largest absolute Gasteiger partial charge is 0.444 e. The molecule has 0 saturated carbocycles. The number of carbonyl (C=O) groups is 2. The first-order chi connectivity index (χ1) is 13.9. The Balaban J connectivity index is 2.01. The molecule has 1 aromatic rings. The summed E-state index contributed by atoms with van der Waals surface area (Å²) in [5.74, 6) is 0.416.